The summed E-state index contributed by atoms with van der Waals surface area (Å²) >= 11 is 0. The van der Waals surface area contributed by atoms with Crippen molar-refractivity contribution in [3.8, 4) is 17.2 Å². The fraction of sp³-hybridized carbons (Fsp3) is 0.333. The Hall–Kier alpha value is -5.03. The van der Waals surface area contributed by atoms with E-state index in [1.807, 2.05) is 48.5 Å². The van der Waals surface area contributed by atoms with E-state index in [2.05, 4.69) is 5.32 Å². The lowest BCUT2D eigenvalue weighted by molar-refractivity contribution is -0.140. The number of carbonyl (C=O) groups is 2. The summed E-state index contributed by atoms with van der Waals surface area (Å²) < 4.78 is 46.2. The second kappa shape index (κ2) is 17.1. The Bertz CT molecular complexity index is 1830. The van der Waals surface area contributed by atoms with Crippen molar-refractivity contribution in [3.05, 3.63) is 114 Å². The van der Waals surface area contributed by atoms with Gasteiger partial charge in [0.05, 0.1) is 31.9 Å². The van der Waals surface area contributed by atoms with E-state index in [9.17, 15) is 18.0 Å². The lowest BCUT2D eigenvalue weighted by atomic mass is 9.94. The number of carbonyl (C=O) groups excluding carboxylic acids is 2. The van der Waals surface area contributed by atoms with Crippen LogP contribution in [0, 0.1) is 0 Å². The number of sulfonamides is 1. The Balaban J connectivity index is 1.59. The van der Waals surface area contributed by atoms with Crippen LogP contribution in [0.4, 0.5) is 5.69 Å². The standard InChI is InChI=1S/C39H45N3O7S/c1-47-32-21-23-34(24-22-32)50(45,46)42(35-19-10-11-20-37(35)49-3)28-38(43)41(27-30-15-12-18-33(25-30)48-2)36(26-29-13-6-4-7-14-29)39(44)40-31-16-8-5-9-17-31/h4,6-7,10-15,18-25,31,36H,5,8-9,16-17,26-28H2,1-3H3,(H,40,44)/t36-/m0/s1. The summed E-state index contributed by atoms with van der Waals surface area (Å²) in [6.45, 7) is -0.561. The van der Waals surface area contributed by atoms with Crippen LogP contribution in [0.5, 0.6) is 17.2 Å². The van der Waals surface area contributed by atoms with Crippen molar-refractivity contribution in [2.45, 2.75) is 62.0 Å². The molecular weight excluding hydrogens is 655 g/mol. The van der Waals surface area contributed by atoms with Crippen LogP contribution in [0.15, 0.2) is 108 Å². The molecule has 264 valence electrons. The van der Waals surface area contributed by atoms with Crippen molar-refractivity contribution in [1.29, 1.82) is 0 Å². The molecule has 4 aromatic carbocycles. The predicted molar refractivity (Wildman–Crippen MR) is 193 cm³/mol. The Kier molecular flexibility index (Phi) is 12.4. The van der Waals surface area contributed by atoms with Crippen LogP contribution in [0.25, 0.3) is 0 Å². The highest BCUT2D eigenvalue weighted by Crippen LogP contribution is 2.33. The minimum atomic E-state index is -4.32. The Morgan fingerprint density at radius 2 is 1.42 bits per heavy atom. The topological polar surface area (TPSA) is 114 Å². The van der Waals surface area contributed by atoms with Gasteiger partial charge >= 0.3 is 0 Å². The van der Waals surface area contributed by atoms with Crippen molar-refractivity contribution in [2.75, 3.05) is 32.2 Å². The van der Waals surface area contributed by atoms with Gasteiger partial charge in [0.1, 0.15) is 29.8 Å². The first-order chi connectivity index (χ1) is 24.2. The van der Waals surface area contributed by atoms with E-state index in [0.29, 0.717) is 11.5 Å². The monoisotopic (exact) mass is 699 g/mol. The maximum Gasteiger partial charge on any atom is 0.264 e. The van der Waals surface area contributed by atoms with Crippen LogP contribution < -0.4 is 23.8 Å². The van der Waals surface area contributed by atoms with Crippen molar-refractivity contribution in [3.63, 3.8) is 0 Å². The summed E-state index contributed by atoms with van der Waals surface area (Å²) in [4.78, 5) is 30.6. The molecule has 1 saturated carbocycles. The number of hydrogen-bond donors (Lipinski definition) is 1. The van der Waals surface area contributed by atoms with Crippen molar-refractivity contribution in [2.24, 2.45) is 0 Å². The van der Waals surface area contributed by atoms with E-state index < -0.39 is 28.5 Å². The lowest BCUT2D eigenvalue weighted by Crippen LogP contribution is -2.55. The minimum Gasteiger partial charge on any atom is -0.497 e. The van der Waals surface area contributed by atoms with Gasteiger partial charge < -0.3 is 24.4 Å². The van der Waals surface area contributed by atoms with Gasteiger partial charge in [-0.15, -0.1) is 0 Å². The zero-order valence-corrected chi connectivity index (χ0v) is 29.6. The average molecular weight is 700 g/mol. The molecule has 1 atom stereocenters. The van der Waals surface area contributed by atoms with E-state index >= 15 is 0 Å². The average Bonchev–Trinajstić information content (AvgIpc) is 3.16. The normalized spacial score (nSPS) is 13.9. The van der Waals surface area contributed by atoms with E-state index in [1.165, 1.54) is 31.3 Å². The third-order valence-corrected chi connectivity index (χ3v) is 10.8. The zero-order chi connectivity index (χ0) is 35.5. The van der Waals surface area contributed by atoms with Gasteiger partial charge in [-0.1, -0.05) is 73.9 Å². The van der Waals surface area contributed by atoms with E-state index in [1.54, 1.807) is 49.6 Å². The van der Waals surface area contributed by atoms with E-state index in [0.717, 1.165) is 47.5 Å². The SMILES string of the molecule is COc1ccc(S(=O)(=O)N(CC(=O)N(Cc2cccc(OC)c2)[C@@H](Cc2ccccc2)C(=O)NC2CCCCC2)c2ccccc2OC)cc1. The molecule has 50 heavy (non-hydrogen) atoms. The number of anilines is 1. The molecule has 1 aliphatic rings. The van der Waals surface area contributed by atoms with E-state index in [4.69, 9.17) is 14.2 Å². The number of rotatable bonds is 15. The van der Waals surface area contributed by atoms with Crippen LogP contribution in [0.1, 0.15) is 43.2 Å². The molecule has 4 aromatic rings. The molecule has 10 nitrogen and oxygen atoms in total. The molecule has 0 saturated heterocycles. The van der Waals surface area contributed by atoms with Gasteiger partial charge in [-0.25, -0.2) is 8.42 Å². The number of methoxy groups -OCH3 is 3. The quantitative estimate of drug-likeness (QED) is 0.162. The van der Waals surface area contributed by atoms with E-state index in [-0.39, 0.29) is 41.2 Å². The predicted octanol–water partition coefficient (Wildman–Crippen LogP) is 6.00. The van der Waals surface area contributed by atoms with Gasteiger partial charge in [-0.3, -0.25) is 13.9 Å². The molecular formula is C39H45N3O7S. The minimum absolute atomic E-state index is 0.00354. The molecule has 1 aliphatic carbocycles. The molecule has 2 amide bonds. The number of para-hydroxylation sites is 2. The van der Waals surface area contributed by atoms with Crippen LogP contribution in [0.3, 0.4) is 0 Å². The highest BCUT2D eigenvalue weighted by atomic mass is 32.2. The van der Waals surface area contributed by atoms with Crippen molar-refractivity contribution >= 4 is 27.5 Å². The fourth-order valence-electron chi connectivity index (χ4n) is 6.29. The van der Waals surface area contributed by atoms with Crippen LogP contribution >= 0.6 is 0 Å². The van der Waals surface area contributed by atoms with Gasteiger partial charge in [-0.2, -0.15) is 0 Å². The number of hydrogen-bond acceptors (Lipinski definition) is 7. The van der Waals surface area contributed by atoms with Gasteiger partial charge in [0.15, 0.2) is 0 Å². The molecule has 0 aromatic heterocycles. The molecule has 0 bridgehead atoms. The first-order valence-electron chi connectivity index (χ1n) is 16.8. The fourth-order valence-corrected chi connectivity index (χ4v) is 7.71. The third kappa shape index (κ3) is 8.95. The van der Waals surface area contributed by atoms with Crippen LogP contribution in [0.2, 0.25) is 0 Å². The summed E-state index contributed by atoms with van der Waals surface area (Å²) in [5.41, 5.74) is 1.78. The second-order valence-electron chi connectivity index (χ2n) is 12.3. The number of nitrogens with zero attached hydrogens (tertiary/aromatic N) is 2. The number of nitrogens with one attached hydrogen (secondary N) is 1. The first kappa shape index (κ1) is 36.3. The number of ether oxygens (including phenoxy) is 3. The van der Waals surface area contributed by atoms with Crippen molar-refractivity contribution in [1.82, 2.24) is 10.2 Å². The summed E-state index contributed by atoms with van der Waals surface area (Å²) in [5, 5.41) is 3.23. The van der Waals surface area contributed by atoms with Gasteiger partial charge in [0.25, 0.3) is 10.0 Å². The van der Waals surface area contributed by atoms with Gasteiger partial charge in [0.2, 0.25) is 11.8 Å². The Morgan fingerprint density at radius 3 is 2.10 bits per heavy atom. The van der Waals surface area contributed by atoms with Crippen molar-refractivity contribution < 1.29 is 32.2 Å². The lowest BCUT2D eigenvalue weighted by Gasteiger charge is -2.35. The first-order valence-corrected chi connectivity index (χ1v) is 18.2. The summed E-state index contributed by atoms with van der Waals surface area (Å²) in [5.74, 6) is 0.516. The molecule has 0 heterocycles. The molecule has 5 rings (SSSR count). The van der Waals surface area contributed by atoms with Gasteiger partial charge in [-0.05, 0) is 72.5 Å². The molecule has 1 N–H and O–H groups in total. The van der Waals surface area contributed by atoms with Crippen LogP contribution in [-0.2, 0) is 32.6 Å². The zero-order valence-electron chi connectivity index (χ0n) is 28.8. The molecule has 0 spiro atoms. The third-order valence-electron chi connectivity index (χ3n) is 8.99. The maximum absolute atomic E-state index is 14.8. The molecule has 0 radical (unpaired) electrons. The Morgan fingerprint density at radius 1 is 0.760 bits per heavy atom. The molecule has 1 fully saturated rings. The largest absolute Gasteiger partial charge is 0.497 e. The number of benzene rings is 4. The summed E-state index contributed by atoms with van der Waals surface area (Å²) in [6.07, 6.45) is 5.15. The smallest absolute Gasteiger partial charge is 0.264 e. The highest BCUT2D eigenvalue weighted by molar-refractivity contribution is 7.92. The summed E-state index contributed by atoms with van der Waals surface area (Å²) in [6, 6.07) is 28.5. The number of amides is 2. The van der Waals surface area contributed by atoms with Crippen LogP contribution in [-0.4, -0.2) is 65.1 Å². The molecule has 0 unspecified atom stereocenters. The highest BCUT2D eigenvalue weighted by Gasteiger charge is 2.36. The second-order valence-corrected chi connectivity index (χ2v) is 14.1. The molecule has 0 aliphatic heterocycles. The molecule has 11 heteroatoms. The summed E-state index contributed by atoms with van der Waals surface area (Å²) in [7, 11) is 0.181. The Labute approximate surface area is 295 Å². The maximum atomic E-state index is 14.8. The van der Waals surface area contributed by atoms with Gasteiger partial charge in [0, 0.05) is 19.0 Å².